The van der Waals surface area contributed by atoms with Gasteiger partial charge >= 0.3 is 12.0 Å². The van der Waals surface area contributed by atoms with E-state index in [0.717, 1.165) is 0 Å². The molecule has 0 aromatic rings. The molecule has 1 saturated heterocycles. The van der Waals surface area contributed by atoms with Gasteiger partial charge in [-0.15, -0.1) is 0 Å². The van der Waals surface area contributed by atoms with Crippen molar-refractivity contribution in [2.24, 2.45) is 0 Å². The highest BCUT2D eigenvalue weighted by Crippen LogP contribution is 2.21. The molecule has 122 valence electrons. The topological polar surface area (TPSA) is 124 Å². The molecule has 1 rings (SSSR count). The average Bonchev–Trinajstić information content (AvgIpc) is 2.46. The highest BCUT2D eigenvalue weighted by molar-refractivity contribution is 8.01. The molecule has 2 amide bonds. The molecule has 1 aliphatic rings. The van der Waals surface area contributed by atoms with Crippen LogP contribution in [-0.2, 0) is 14.6 Å². The van der Waals surface area contributed by atoms with Crippen LogP contribution in [0.1, 0.15) is 13.3 Å². The van der Waals surface area contributed by atoms with Crippen LogP contribution in [0.5, 0.6) is 0 Å². The van der Waals surface area contributed by atoms with Gasteiger partial charge in [0.15, 0.2) is 9.84 Å². The normalized spacial score (nSPS) is 20.9. The van der Waals surface area contributed by atoms with Crippen LogP contribution in [0.25, 0.3) is 0 Å². The third-order valence-electron chi connectivity index (χ3n) is 3.18. The van der Waals surface area contributed by atoms with Crippen LogP contribution < -0.4 is 5.32 Å². The number of carboxylic acid groups (broad SMARTS) is 1. The number of rotatable bonds is 6. The zero-order valence-electron chi connectivity index (χ0n) is 11.7. The molecule has 21 heavy (non-hydrogen) atoms. The minimum Gasteiger partial charge on any atom is -0.480 e. The zero-order chi connectivity index (χ0) is 16.0. The Kier molecular flexibility index (Phi) is 6.75. The fourth-order valence-corrected chi connectivity index (χ4v) is 4.89. The first-order valence-corrected chi connectivity index (χ1v) is 9.40. The predicted molar refractivity (Wildman–Crippen MR) is 78.9 cm³/mol. The van der Waals surface area contributed by atoms with Gasteiger partial charge in [-0.2, -0.15) is 11.8 Å². The number of aliphatic hydroxyl groups excluding tert-OH is 1. The zero-order valence-corrected chi connectivity index (χ0v) is 13.3. The maximum Gasteiger partial charge on any atom is 0.326 e. The number of carbonyl (C=O) groups is 2. The van der Waals surface area contributed by atoms with E-state index < -0.39 is 33.3 Å². The quantitative estimate of drug-likeness (QED) is 0.586. The second kappa shape index (κ2) is 7.85. The molecule has 0 bridgehead atoms. The lowest BCUT2D eigenvalue weighted by molar-refractivity contribution is -0.139. The number of nitrogens with one attached hydrogen (secondary N) is 1. The lowest BCUT2D eigenvalue weighted by Gasteiger charge is -2.35. The van der Waals surface area contributed by atoms with E-state index in [2.05, 4.69) is 5.32 Å². The van der Waals surface area contributed by atoms with Gasteiger partial charge in [0.25, 0.3) is 0 Å². The SMILES string of the molecule is CCS(=O)(=O)C1CSCCN1C(=O)N[C@@H](CCO)C(=O)O. The Morgan fingerprint density at radius 3 is 2.67 bits per heavy atom. The van der Waals surface area contributed by atoms with Crippen LogP contribution in [0, 0.1) is 0 Å². The van der Waals surface area contributed by atoms with E-state index in [1.807, 2.05) is 0 Å². The molecule has 0 aliphatic carbocycles. The Balaban J connectivity index is 2.84. The predicted octanol–water partition coefficient (Wildman–Crippen LogP) is -0.659. The van der Waals surface area contributed by atoms with Crippen LogP contribution >= 0.6 is 11.8 Å². The molecule has 0 radical (unpaired) electrons. The first kappa shape index (κ1) is 18.1. The van der Waals surface area contributed by atoms with Crippen molar-refractivity contribution in [2.45, 2.75) is 24.8 Å². The third-order valence-corrected chi connectivity index (χ3v) is 6.46. The summed E-state index contributed by atoms with van der Waals surface area (Å²) in [6.45, 7) is 1.37. The van der Waals surface area contributed by atoms with Crippen molar-refractivity contribution in [1.82, 2.24) is 10.2 Å². The first-order valence-electron chi connectivity index (χ1n) is 6.53. The van der Waals surface area contributed by atoms with E-state index in [9.17, 15) is 18.0 Å². The average molecular weight is 340 g/mol. The molecule has 1 fully saturated rings. The maximum atomic E-state index is 12.2. The van der Waals surface area contributed by atoms with Gasteiger partial charge in [-0.1, -0.05) is 6.92 Å². The Morgan fingerprint density at radius 1 is 1.48 bits per heavy atom. The molecule has 2 atom stereocenters. The Morgan fingerprint density at radius 2 is 2.14 bits per heavy atom. The minimum absolute atomic E-state index is 0.0823. The highest BCUT2D eigenvalue weighted by Gasteiger charge is 2.36. The van der Waals surface area contributed by atoms with E-state index >= 15 is 0 Å². The molecule has 1 aliphatic heterocycles. The van der Waals surface area contributed by atoms with Gasteiger partial charge in [-0.3, -0.25) is 0 Å². The van der Waals surface area contributed by atoms with Crippen molar-refractivity contribution in [1.29, 1.82) is 0 Å². The fourth-order valence-electron chi connectivity index (χ4n) is 1.92. The summed E-state index contributed by atoms with van der Waals surface area (Å²) in [7, 11) is -3.44. The van der Waals surface area contributed by atoms with Crippen LogP contribution in [-0.4, -0.2) is 77.4 Å². The molecule has 0 aromatic heterocycles. The van der Waals surface area contributed by atoms with Crippen molar-refractivity contribution in [2.75, 3.05) is 30.4 Å². The summed E-state index contributed by atoms with van der Waals surface area (Å²) in [4.78, 5) is 24.3. The van der Waals surface area contributed by atoms with Gasteiger partial charge in [0, 0.05) is 36.8 Å². The number of aliphatic hydroxyl groups is 1. The minimum atomic E-state index is -3.44. The smallest absolute Gasteiger partial charge is 0.326 e. The van der Waals surface area contributed by atoms with E-state index in [4.69, 9.17) is 10.2 Å². The van der Waals surface area contributed by atoms with Gasteiger partial charge in [-0.25, -0.2) is 18.0 Å². The van der Waals surface area contributed by atoms with Crippen molar-refractivity contribution in [3.8, 4) is 0 Å². The molecule has 1 heterocycles. The Labute approximate surface area is 127 Å². The number of nitrogens with zero attached hydrogens (tertiary/aromatic N) is 1. The molecule has 10 heteroatoms. The van der Waals surface area contributed by atoms with E-state index in [0.29, 0.717) is 5.75 Å². The summed E-state index contributed by atoms with van der Waals surface area (Å²) in [6, 6.07) is -1.96. The molecular formula is C11H20N2O6S2. The van der Waals surface area contributed by atoms with E-state index in [1.54, 1.807) is 0 Å². The summed E-state index contributed by atoms with van der Waals surface area (Å²) in [5.41, 5.74) is 0. The van der Waals surface area contributed by atoms with Gasteiger partial charge in [0.05, 0.1) is 0 Å². The monoisotopic (exact) mass is 340 g/mol. The van der Waals surface area contributed by atoms with Crippen LogP contribution in [0.2, 0.25) is 0 Å². The van der Waals surface area contributed by atoms with Gasteiger partial charge < -0.3 is 20.4 Å². The summed E-state index contributed by atoms with van der Waals surface area (Å²) in [6.07, 6.45) is -0.130. The molecule has 3 N–H and O–H groups in total. The number of aliphatic carboxylic acids is 1. The van der Waals surface area contributed by atoms with Crippen molar-refractivity contribution in [3.05, 3.63) is 0 Å². The molecule has 8 nitrogen and oxygen atoms in total. The van der Waals surface area contributed by atoms with Crippen molar-refractivity contribution < 1.29 is 28.2 Å². The Bertz CT molecular complexity index is 481. The van der Waals surface area contributed by atoms with E-state index in [1.165, 1.54) is 23.6 Å². The summed E-state index contributed by atoms with van der Waals surface area (Å²) in [5.74, 6) is -0.470. The summed E-state index contributed by atoms with van der Waals surface area (Å²) in [5, 5.41) is 19.1. The number of urea groups is 1. The fraction of sp³-hybridized carbons (Fsp3) is 0.818. The van der Waals surface area contributed by atoms with Gasteiger partial charge in [-0.05, 0) is 0 Å². The number of sulfone groups is 1. The molecule has 0 aromatic carbocycles. The molecule has 0 saturated carbocycles. The summed E-state index contributed by atoms with van der Waals surface area (Å²) >= 11 is 1.44. The number of thioether (sulfide) groups is 1. The lowest BCUT2D eigenvalue weighted by Crippen LogP contribution is -2.56. The molecule has 1 unspecified atom stereocenters. The first-order chi connectivity index (χ1) is 9.83. The standard InChI is InChI=1S/C11H20N2O6S2/c1-2-21(18,19)9-7-20-6-4-13(9)11(17)12-8(3-5-14)10(15)16/h8-9,14H,2-7H2,1H3,(H,12,17)(H,15,16)/t8-,9?/m0/s1. The maximum absolute atomic E-state index is 12.2. The number of carbonyl (C=O) groups excluding carboxylic acids is 1. The van der Waals surface area contributed by atoms with Crippen LogP contribution in [0.4, 0.5) is 4.79 Å². The van der Waals surface area contributed by atoms with Crippen molar-refractivity contribution >= 4 is 33.6 Å². The molecular weight excluding hydrogens is 320 g/mol. The van der Waals surface area contributed by atoms with Crippen molar-refractivity contribution in [3.63, 3.8) is 0 Å². The number of carboxylic acids is 1. The second-order valence-electron chi connectivity index (χ2n) is 4.53. The second-order valence-corrected chi connectivity index (χ2v) is 8.12. The van der Waals surface area contributed by atoms with Crippen LogP contribution in [0.15, 0.2) is 0 Å². The van der Waals surface area contributed by atoms with Gasteiger partial charge in [0.2, 0.25) is 0 Å². The van der Waals surface area contributed by atoms with Crippen LogP contribution in [0.3, 0.4) is 0 Å². The Hall–Kier alpha value is -1.00. The van der Waals surface area contributed by atoms with Gasteiger partial charge in [0.1, 0.15) is 11.4 Å². The largest absolute Gasteiger partial charge is 0.480 e. The van der Waals surface area contributed by atoms with E-state index in [-0.39, 0.29) is 31.1 Å². The summed E-state index contributed by atoms with van der Waals surface area (Å²) < 4.78 is 24.0. The highest BCUT2D eigenvalue weighted by atomic mass is 32.2. The number of amides is 2. The number of hydrogen-bond acceptors (Lipinski definition) is 6. The lowest BCUT2D eigenvalue weighted by atomic mass is 10.2. The molecule has 0 spiro atoms. The third kappa shape index (κ3) is 4.75. The number of hydrogen-bond donors (Lipinski definition) is 3.